The second-order valence-corrected chi connectivity index (χ2v) is 16.4. The fraction of sp³-hybridized carbons (Fsp3) is 0.0690. The summed E-state index contributed by atoms with van der Waals surface area (Å²) in [6.07, 6.45) is 0. The molecule has 1 radical (unpaired) electrons. The monoisotopic (exact) mass is 1030 g/mol. The summed E-state index contributed by atoms with van der Waals surface area (Å²) in [6, 6.07) is 16.5. The third kappa shape index (κ3) is 18.4. The minimum atomic E-state index is -5.28. The first kappa shape index (κ1) is 64.3. The van der Waals surface area contributed by atoms with E-state index in [4.69, 9.17) is 30.1 Å². The fourth-order valence-electron chi connectivity index (χ4n) is 4.59. The molecule has 5 rings (SSSR count). The third-order valence-electron chi connectivity index (χ3n) is 6.87. The number of phenols is 2. The predicted octanol–water partition coefficient (Wildman–Crippen LogP) is -8.49. The van der Waals surface area contributed by atoms with Crippen molar-refractivity contribution in [2.45, 2.75) is 14.7 Å². The number of benzene rings is 5. The molecular weight excluding hydrogens is 1010 g/mol. The molecule has 0 aromatic heterocycles. The summed E-state index contributed by atoms with van der Waals surface area (Å²) in [4.78, 5) is -2.04. The Morgan fingerprint density at radius 3 is 1.75 bits per heavy atom. The first-order valence-corrected chi connectivity index (χ1v) is 21.1. The topological polar surface area (TPSA) is 379 Å². The molecule has 311 valence electrons. The van der Waals surface area contributed by atoms with Crippen LogP contribution in [0.15, 0.2) is 102 Å². The minimum Gasteiger partial charge on any atom is -0.744 e. The Kier molecular flexibility index (Phi) is 28.3. The minimum absolute atomic E-state index is 0. The van der Waals surface area contributed by atoms with Gasteiger partial charge in [-0.25, -0.2) is 33.7 Å². The smallest absolute Gasteiger partial charge is 0.744 e. The van der Waals surface area contributed by atoms with Gasteiger partial charge in [-0.3, -0.25) is 4.55 Å². The van der Waals surface area contributed by atoms with Crippen LogP contribution in [0.5, 0.6) is 11.5 Å². The van der Waals surface area contributed by atoms with Crippen LogP contribution in [0.4, 0.5) is 28.4 Å². The number of nitrogens with zero attached hydrogens (tertiary/aromatic N) is 4. The maximum atomic E-state index is 12.3. The molecular formula is C29H22CuN5Na4O17S5-. The molecule has 0 heterocycles. The zero-order chi connectivity index (χ0) is 42.4. The summed E-state index contributed by atoms with van der Waals surface area (Å²) >= 11 is 0. The van der Waals surface area contributed by atoms with Gasteiger partial charge in [-0.1, -0.05) is 40.8 Å². The van der Waals surface area contributed by atoms with E-state index >= 15 is 0 Å². The Bertz CT molecular complexity index is 2990. The van der Waals surface area contributed by atoms with Gasteiger partial charge in [0.15, 0.2) is 15.6 Å². The second-order valence-electron chi connectivity index (χ2n) is 10.3. The van der Waals surface area contributed by atoms with Gasteiger partial charge < -0.3 is 36.1 Å². The molecule has 5 aromatic rings. The number of sulfone groups is 1. The quantitative estimate of drug-likeness (QED) is 0.0350. The van der Waals surface area contributed by atoms with Crippen LogP contribution < -0.4 is 124 Å². The zero-order valence-electron chi connectivity index (χ0n) is 32.0. The van der Waals surface area contributed by atoms with Crippen LogP contribution in [0.2, 0.25) is 0 Å². The standard InChI is InChI=1S/C29H23N5O10S3.Cu.4Na.H2O4S.O3S/c1-3-45(37,38)17-14-16-8-11-23(29(36)26(16)25(15-17)47(42,43)44)33-32-22-13-9-18-19(28(22)35)10-12-21(30-2)27(18)34-31-20-6-4-5-7-24(20)46(39,40)41;;;;;;1-5(2,3)4;1-4(2)3/h4-12,14-15,30,35-36H,1,3H2,2H3,(H,39,40,41)(H,42,43,44);;;;;;(H2,1,2,3,4);/q-2;;4*+1;;/p-3. The molecule has 0 atom stereocenters. The summed E-state index contributed by atoms with van der Waals surface area (Å²) in [6.45, 7) is 3.30. The number of phenolic OH excluding ortho intramolecular Hbond substituents is 2. The van der Waals surface area contributed by atoms with Crippen LogP contribution in [0.25, 0.3) is 21.5 Å². The Morgan fingerprint density at radius 1 is 0.721 bits per heavy atom. The molecule has 5 aromatic carbocycles. The van der Waals surface area contributed by atoms with Crippen molar-refractivity contribution in [3.63, 3.8) is 0 Å². The predicted molar refractivity (Wildman–Crippen MR) is 190 cm³/mol. The van der Waals surface area contributed by atoms with Crippen LogP contribution in [-0.4, -0.2) is 87.5 Å². The number of hydrogen-bond donors (Lipinski definition) is 4. The second kappa shape index (κ2) is 26.8. The number of aromatic hydroxyl groups is 2. The van der Waals surface area contributed by atoms with Crippen LogP contribution in [0, 0.1) is 13.0 Å². The molecule has 0 aliphatic carbocycles. The number of azo groups is 2. The summed E-state index contributed by atoms with van der Waals surface area (Å²) in [7, 11) is -20.6. The first-order chi connectivity index (χ1) is 25.8. The maximum Gasteiger partial charge on any atom is 1.00 e. The van der Waals surface area contributed by atoms with Crippen LogP contribution in [-0.2, 0) is 68.1 Å². The summed E-state index contributed by atoms with van der Waals surface area (Å²) in [5.74, 6) is -1.85. The maximum absolute atomic E-state index is 12.3. The Hall–Kier alpha value is -1.00. The fourth-order valence-corrected chi connectivity index (χ4v) is 6.85. The van der Waals surface area contributed by atoms with Crippen molar-refractivity contribution < 1.29 is 210 Å². The Morgan fingerprint density at radius 2 is 1.25 bits per heavy atom. The molecule has 0 fully saturated rings. The van der Waals surface area contributed by atoms with Crippen LogP contribution in [0.1, 0.15) is 0 Å². The van der Waals surface area contributed by atoms with Crippen molar-refractivity contribution in [1.29, 1.82) is 0 Å². The van der Waals surface area contributed by atoms with Crippen molar-refractivity contribution in [3.05, 3.63) is 79.7 Å². The normalized spacial score (nSPS) is 11.2. The molecule has 0 saturated carbocycles. The van der Waals surface area contributed by atoms with Crippen molar-refractivity contribution in [3.8, 4) is 11.5 Å². The molecule has 4 N–H and O–H groups in total. The van der Waals surface area contributed by atoms with E-state index in [9.17, 15) is 44.6 Å². The summed E-state index contributed by atoms with van der Waals surface area (Å²) in [5.41, 5.74) is -0.189. The molecule has 0 unspecified atom stereocenters. The SMILES string of the molecule is O=S(=O)([O-])O.O=S(=O)=O.[CH2-]CS(=O)(=O)c1cc(S(=O)(=O)[O-])c2c(O)c(N=Nc3[c-]cc4c(N=Nc5ccccc5S(=O)(=O)[O-])c(NC)ccc4c3O)ccc2c1.[Cu].[Na+].[Na+].[Na+].[Na+]. The molecule has 0 spiro atoms. The third-order valence-corrected chi connectivity index (χ3v) is 10.1. The van der Waals surface area contributed by atoms with E-state index in [-0.39, 0.29) is 174 Å². The molecule has 32 heteroatoms. The van der Waals surface area contributed by atoms with E-state index in [1.807, 2.05) is 0 Å². The van der Waals surface area contributed by atoms with E-state index in [0.717, 1.165) is 12.1 Å². The first-order valence-electron chi connectivity index (χ1n) is 14.3. The van der Waals surface area contributed by atoms with E-state index < -0.39 is 88.4 Å². The van der Waals surface area contributed by atoms with Crippen LogP contribution in [0.3, 0.4) is 0 Å². The molecule has 22 nitrogen and oxygen atoms in total. The molecule has 0 amide bonds. The van der Waals surface area contributed by atoms with Gasteiger partial charge in [-0.15, -0.1) is 17.7 Å². The van der Waals surface area contributed by atoms with Crippen LogP contribution >= 0.6 is 0 Å². The summed E-state index contributed by atoms with van der Waals surface area (Å²) < 4.78 is 154. The molecule has 0 saturated heterocycles. The van der Waals surface area contributed by atoms with Crippen molar-refractivity contribution in [2.24, 2.45) is 20.5 Å². The van der Waals surface area contributed by atoms with Gasteiger partial charge >= 0.3 is 129 Å². The molecule has 0 bridgehead atoms. The number of rotatable bonds is 9. The average Bonchev–Trinajstić information content (AvgIpc) is 3.09. The average molecular weight is 1030 g/mol. The van der Waals surface area contributed by atoms with Gasteiger partial charge in [0, 0.05) is 46.6 Å². The van der Waals surface area contributed by atoms with E-state index in [1.54, 1.807) is 7.05 Å². The van der Waals surface area contributed by atoms with E-state index in [1.165, 1.54) is 48.5 Å². The van der Waals surface area contributed by atoms with Gasteiger partial charge in [0.1, 0.15) is 31.6 Å². The van der Waals surface area contributed by atoms with Gasteiger partial charge in [0.05, 0.1) is 20.4 Å². The molecule has 61 heavy (non-hydrogen) atoms. The largest absolute Gasteiger partial charge is 1.00 e. The van der Waals surface area contributed by atoms with Crippen molar-refractivity contribution in [2.75, 3.05) is 18.1 Å². The van der Waals surface area contributed by atoms with Gasteiger partial charge in [0.25, 0.3) is 0 Å². The molecule has 0 aliphatic rings. The van der Waals surface area contributed by atoms with Crippen molar-refractivity contribution in [1.82, 2.24) is 0 Å². The van der Waals surface area contributed by atoms with Crippen molar-refractivity contribution >= 4 is 101 Å². The van der Waals surface area contributed by atoms with Gasteiger partial charge in [-0.2, -0.15) is 27.5 Å². The van der Waals surface area contributed by atoms with Gasteiger partial charge in [0.2, 0.25) is 10.4 Å². The van der Waals surface area contributed by atoms with E-state index in [0.29, 0.717) is 11.8 Å². The number of nitrogens with one attached hydrogen (secondary N) is 1. The number of fused-ring (bicyclic) bond motifs is 2. The van der Waals surface area contributed by atoms with E-state index in [2.05, 4.69) is 38.8 Å². The van der Waals surface area contributed by atoms with Gasteiger partial charge in [-0.05, 0) is 41.8 Å². The zero-order valence-corrected chi connectivity index (χ0v) is 45.0. The number of hydrogen-bond acceptors (Lipinski definition) is 21. The summed E-state index contributed by atoms with van der Waals surface area (Å²) in [5, 5.41) is 40.6. The number of anilines is 1. The molecule has 0 aliphatic heterocycles. The Labute approximate surface area is 449 Å². The Balaban J connectivity index is -0.00000218.